The minimum atomic E-state index is -2.99. The van der Waals surface area contributed by atoms with Gasteiger partial charge in [-0.3, -0.25) is 9.36 Å². The van der Waals surface area contributed by atoms with E-state index in [1.165, 1.54) is 17.3 Å². The number of carbonyl (C=O) groups excluding carboxylic acids is 1. The van der Waals surface area contributed by atoms with Crippen LogP contribution in [0.2, 0.25) is 0 Å². The van der Waals surface area contributed by atoms with Gasteiger partial charge in [0.1, 0.15) is 0 Å². The monoisotopic (exact) mass is 471 g/mol. The van der Waals surface area contributed by atoms with Gasteiger partial charge in [-0.1, -0.05) is 43.8 Å². The van der Waals surface area contributed by atoms with Crippen molar-refractivity contribution < 1.29 is 13.2 Å². The topological polar surface area (TPSA) is 74.0 Å². The summed E-state index contributed by atoms with van der Waals surface area (Å²) in [5.41, 5.74) is 4.76. The molecule has 0 saturated carbocycles. The van der Waals surface area contributed by atoms with Crippen molar-refractivity contribution in [1.29, 1.82) is 0 Å². The second kappa shape index (κ2) is 8.90. The third kappa shape index (κ3) is 4.43. The Balaban J connectivity index is 1.53. The fourth-order valence-electron chi connectivity index (χ4n) is 4.58. The van der Waals surface area contributed by atoms with Gasteiger partial charge in [-0.2, -0.15) is 0 Å². The molecule has 1 fully saturated rings. The summed E-state index contributed by atoms with van der Waals surface area (Å²) >= 11 is 1.42. The molecule has 3 aromatic rings. The van der Waals surface area contributed by atoms with E-state index in [0.717, 1.165) is 22.2 Å². The van der Waals surface area contributed by atoms with Crippen LogP contribution in [0.1, 0.15) is 59.5 Å². The summed E-state index contributed by atoms with van der Waals surface area (Å²) < 4.78 is 27.9. The molecule has 4 rings (SSSR count). The first-order valence-corrected chi connectivity index (χ1v) is 13.7. The molecule has 0 spiro atoms. The summed E-state index contributed by atoms with van der Waals surface area (Å²) in [7, 11) is -2.99. The second-order valence-electron chi connectivity index (χ2n) is 8.72. The Morgan fingerprint density at radius 2 is 2.00 bits per heavy atom. The third-order valence-corrected chi connectivity index (χ3v) is 8.83. The van der Waals surface area contributed by atoms with Gasteiger partial charge in [0.2, 0.25) is 0 Å². The molecule has 1 aliphatic rings. The van der Waals surface area contributed by atoms with Crippen molar-refractivity contribution in [2.24, 2.45) is 0 Å². The van der Waals surface area contributed by atoms with Crippen LogP contribution in [0.5, 0.6) is 0 Å². The average Bonchev–Trinajstić information content (AvgIpc) is 3.43. The summed E-state index contributed by atoms with van der Waals surface area (Å²) in [6.07, 6.45) is 4.30. The fourth-order valence-corrected chi connectivity index (χ4v) is 7.13. The zero-order valence-electron chi connectivity index (χ0n) is 18.9. The molecular weight excluding hydrogens is 442 g/mol. The number of ketones is 1. The summed E-state index contributed by atoms with van der Waals surface area (Å²) in [6, 6.07) is 10.1. The molecule has 1 saturated heterocycles. The SMILES string of the molecule is Cc1cc(C(=O)CSc2nccn2-c2ccccc2C(C)C)c(C)n1C1CCS(=O)(=O)C1. The minimum Gasteiger partial charge on any atom is -0.344 e. The Morgan fingerprint density at radius 3 is 2.69 bits per heavy atom. The zero-order chi connectivity index (χ0) is 23.0. The number of rotatable bonds is 7. The van der Waals surface area contributed by atoms with Crippen molar-refractivity contribution in [2.45, 2.75) is 51.2 Å². The van der Waals surface area contributed by atoms with E-state index in [4.69, 9.17) is 0 Å². The predicted octanol–water partition coefficient (Wildman–Crippen LogP) is 4.75. The number of sulfone groups is 1. The van der Waals surface area contributed by atoms with Gasteiger partial charge in [0.25, 0.3) is 0 Å². The number of para-hydroxylation sites is 1. The molecule has 32 heavy (non-hydrogen) atoms. The van der Waals surface area contributed by atoms with Crippen LogP contribution in [0.25, 0.3) is 5.69 Å². The van der Waals surface area contributed by atoms with Crippen LogP contribution in [-0.2, 0) is 9.84 Å². The highest BCUT2D eigenvalue weighted by atomic mass is 32.2. The number of aromatic nitrogens is 3. The van der Waals surface area contributed by atoms with Gasteiger partial charge in [-0.15, -0.1) is 0 Å². The van der Waals surface area contributed by atoms with E-state index in [2.05, 4.69) is 31.0 Å². The molecule has 1 unspecified atom stereocenters. The number of nitrogens with zero attached hydrogens (tertiary/aromatic N) is 3. The van der Waals surface area contributed by atoms with Crippen LogP contribution in [0.4, 0.5) is 0 Å². The maximum absolute atomic E-state index is 13.1. The molecule has 2 aromatic heterocycles. The summed E-state index contributed by atoms with van der Waals surface area (Å²) in [5, 5.41) is 0.780. The van der Waals surface area contributed by atoms with Crippen LogP contribution >= 0.6 is 11.8 Å². The Kier molecular flexibility index (Phi) is 6.36. The summed E-state index contributed by atoms with van der Waals surface area (Å²) in [6.45, 7) is 8.18. The minimum absolute atomic E-state index is 0.0295. The van der Waals surface area contributed by atoms with Crippen LogP contribution in [0.15, 0.2) is 47.9 Å². The van der Waals surface area contributed by atoms with Crippen LogP contribution in [0, 0.1) is 13.8 Å². The molecule has 0 radical (unpaired) electrons. The summed E-state index contributed by atoms with van der Waals surface area (Å²) in [5.74, 6) is 1.04. The Bertz CT molecular complexity index is 1260. The molecule has 0 N–H and O–H groups in total. The number of aryl methyl sites for hydroxylation is 1. The molecule has 1 atom stereocenters. The maximum atomic E-state index is 13.1. The van der Waals surface area contributed by atoms with E-state index in [0.29, 0.717) is 17.9 Å². The van der Waals surface area contributed by atoms with Crippen molar-refractivity contribution in [1.82, 2.24) is 14.1 Å². The van der Waals surface area contributed by atoms with Gasteiger partial charge in [0.05, 0.1) is 22.9 Å². The van der Waals surface area contributed by atoms with Gasteiger partial charge in [-0.05, 0) is 43.9 Å². The van der Waals surface area contributed by atoms with Gasteiger partial charge in [0, 0.05) is 35.4 Å². The highest BCUT2D eigenvalue weighted by Crippen LogP contribution is 2.31. The molecule has 8 heteroatoms. The molecule has 170 valence electrons. The lowest BCUT2D eigenvalue weighted by Gasteiger charge is -2.16. The molecule has 0 aliphatic carbocycles. The maximum Gasteiger partial charge on any atom is 0.175 e. The first-order valence-electron chi connectivity index (χ1n) is 10.9. The summed E-state index contributed by atoms with van der Waals surface area (Å²) in [4.78, 5) is 17.6. The lowest BCUT2D eigenvalue weighted by Crippen LogP contribution is -2.14. The van der Waals surface area contributed by atoms with Gasteiger partial charge in [-0.25, -0.2) is 13.4 Å². The van der Waals surface area contributed by atoms with Crippen molar-refractivity contribution in [2.75, 3.05) is 17.3 Å². The third-order valence-electron chi connectivity index (χ3n) is 6.12. The van der Waals surface area contributed by atoms with Crippen molar-refractivity contribution in [3.05, 3.63) is 65.2 Å². The standard InChI is InChI=1S/C24H29N3O3S2/c1-16(2)20-7-5-6-8-22(20)26-11-10-25-24(26)31-14-23(28)21-13-17(3)27(18(21)4)19-9-12-32(29,30)15-19/h5-8,10-11,13,16,19H,9,12,14-15H2,1-4H3. The van der Waals surface area contributed by atoms with E-state index in [-0.39, 0.29) is 29.1 Å². The molecule has 0 bridgehead atoms. The number of thioether (sulfide) groups is 1. The van der Waals surface area contributed by atoms with Crippen LogP contribution in [-0.4, -0.2) is 45.6 Å². The number of Topliss-reactive ketones (excluding diaryl/α,β-unsaturated/α-hetero) is 1. The normalized spacial score (nSPS) is 17.8. The Hall–Kier alpha value is -2.32. The molecule has 1 aliphatic heterocycles. The van der Waals surface area contributed by atoms with Crippen LogP contribution in [0.3, 0.4) is 0 Å². The van der Waals surface area contributed by atoms with Gasteiger partial charge < -0.3 is 4.57 Å². The molecule has 1 aromatic carbocycles. The average molecular weight is 472 g/mol. The van der Waals surface area contributed by atoms with Crippen molar-refractivity contribution in [3.63, 3.8) is 0 Å². The van der Waals surface area contributed by atoms with Crippen molar-refractivity contribution in [3.8, 4) is 5.69 Å². The number of imidazole rings is 1. The Labute approximate surface area is 194 Å². The first kappa shape index (κ1) is 22.9. The van der Waals surface area contributed by atoms with E-state index >= 15 is 0 Å². The lowest BCUT2D eigenvalue weighted by molar-refractivity contribution is 0.102. The zero-order valence-corrected chi connectivity index (χ0v) is 20.5. The highest BCUT2D eigenvalue weighted by molar-refractivity contribution is 7.99. The van der Waals surface area contributed by atoms with E-state index in [9.17, 15) is 13.2 Å². The fraction of sp³-hybridized carbons (Fsp3) is 0.417. The molecule has 3 heterocycles. The van der Waals surface area contributed by atoms with Crippen LogP contribution < -0.4 is 0 Å². The largest absolute Gasteiger partial charge is 0.344 e. The predicted molar refractivity (Wildman–Crippen MR) is 129 cm³/mol. The second-order valence-corrected chi connectivity index (χ2v) is 11.9. The quantitative estimate of drug-likeness (QED) is 0.367. The molecule has 0 amide bonds. The van der Waals surface area contributed by atoms with E-state index < -0.39 is 9.84 Å². The van der Waals surface area contributed by atoms with E-state index in [1.54, 1.807) is 6.20 Å². The van der Waals surface area contributed by atoms with Gasteiger partial charge in [0.15, 0.2) is 20.8 Å². The molecule has 6 nitrogen and oxygen atoms in total. The number of hydrogen-bond acceptors (Lipinski definition) is 5. The number of benzene rings is 1. The number of carbonyl (C=O) groups is 1. The smallest absolute Gasteiger partial charge is 0.175 e. The Morgan fingerprint density at radius 1 is 1.25 bits per heavy atom. The van der Waals surface area contributed by atoms with Gasteiger partial charge >= 0.3 is 0 Å². The molecular formula is C24H29N3O3S2. The van der Waals surface area contributed by atoms with Crippen molar-refractivity contribution >= 4 is 27.4 Å². The lowest BCUT2D eigenvalue weighted by atomic mass is 10.0. The highest BCUT2D eigenvalue weighted by Gasteiger charge is 2.31. The van der Waals surface area contributed by atoms with E-state index in [1.807, 2.05) is 47.4 Å². The first-order chi connectivity index (χ1) is 15.2. The number of hydrogen-bond donors (Lipinski definition) is 0.